The predicted octanol–water partition coefficient (Wildman–Crippen LogP) is 1.99. The van der Waals surface area contributed by atoms with Crippen molar-refractivity contribution in [2.24, 2.45) is 0 Å². The first kappa shape index (κ1) is 16.0. The van der Waals surface area contributed by atoms with E-state index in [0.29, 0.717) is 6.42 Å². The minimum absolute atomic E-state index is 0. The van der Waals surface area contributed by atoms with Crippen LogP contribution in [-0.4, -0.2) is 17.1 Å². The molecular weight excluding hydrogens is 263 g/mol. The van der Waals surface area contributed by atoms with Crippen LogP contribution in [0.4, 0.5) is 5.69 Å². The van der Waals surface area contributed by atoms with Crippen molar-refractivity contribution >= 4 is 36.5 Å². The summed E-state index contributed by atoms with van der Waals surface area (Å²) in [5, 5.41) is 11.9. The van der Waals surface area contributed by atoms with Gasteiger partial charge in [0.1, 0.15) is 6.04 Å². The van der Waals surface area contributed by atoms with E-state index in [1.54, 1.807) is 0 Å². The summed E-state index contributed by atoms with van der Waals surface area (Å²) in [6, 6.07) is 7.30. The molecule has 1 aliphatic heterocycles. The second-order valence-corrected chi connectivity index (χ2v) is 3.85. The Morgan fingerprint density at radius 2 is 1.82 bits per heavy atom. The van der Waals surface area contributed by atoms with E-state index in [1.165, 1.54) is 0 Å². The molecule has 1 aromatic rings. The van der Waals surface area contributed by atoms with Crippen LogP contribution in [0, 0.1) is 0 Å². The number of anilines is 1. The number of rotatable bonds is 2. The quantitative estimate of drug-likeness (QED) is 0.724. The minimum Gasteiger partial charge on any atom is -0.480 e. The van der Waals surface area contributed by atoms with Crippen molar-refractivity contribution in [3.63, 3.8) is 0 Å². The molecule has 0 spiro atoms. The van der Waals surface area contributed by atoms with E-state index >= 15 is 0 Å². The van der Waals surface area contributed by atoms with E-state index in [0.717, 1.165) is 17.7 Å². The van der Waals surface area contributed by atoms with Crippen molar-refractivity contribution in [1.82, 2.24) is 5.32 Å². The van der Waals surface area contributed by atoms with Crippen LogP contribution in [0.25, 0.3) is 0 Å². The molecule has 2 rings (SSSR count). The largest absolute Gasteiger partial charge is 0.480 e. The fourth-order valence-corrected chi connectivity index (χ4v) is 1.93. The third kappa shape index (κ3) is 3.77. The van der Waals surface area contributed by atoms with Crippen LogP contribution in [0.1, 0.15) is 24.4 Å². The molecule has 1 fully saturated rings. The Balaban J connectivity index is 0.00000128. The number of nitrogens with two attached hydrogens (primary N) is 1. The standard InChI is InChI=1S/C11H14N2O2.2ClH/c12-8-3-1-7(2-4-8)9-5-6-10(13-9)11(14)15;;/h1-4,9-10,13H,5-6,12H2,(H,14,15);2*1H. The van der Waals surface area contributed by atoms with Crippen LogP contribution in [-0.2, 0) is 4.79 Å². The molecule has 96 valence electrons. The number of hydrogen-bond acceptors (Lipinski definition) is 3. The van der Waals surface area contributed by atoms with Crippen molar-refractivity contribution < 1.29 is 9.90 Å². The second-order valence-electron chi connectivity index (χ2n) is 3.85. The highest BCUT2D eigenvalue weighted by molar-refractivity contribution is 5.85. The van der Waals surface area contributed by atoms with E-state index in [-0.39, 0.29) is 30.9 Å². The molecule has 4 nitrogen and oxygen atoms in total. The van der Waals surface area contributed by atoms with Gasteiger partial charge in [-0.05, 0) is 30.5 Å². The lowest BCUT2D eigenvalue weighted by molar-refractivity contribution is -0.139. The number of nitrogens with one attached hydrogen (secondary N) is 1. The molecular formula is C11H16Cl2N2O2. The van der Waals surface area contributed by atoms with Gasteiger partial charge in [-0.25, -0.2) is 0 Å². The number of benzene rings is 1. The maximum Gasteiger partial charge on any atom is 0.320 e. The van der Waals surface area contributed by atoms with E-state index in [2.05, 4.69) is 5.32 Å². The van der Waals surface area contributed by atoms with E-state index < -0.39 is 12.0 Å². The Labute approximate surface area is 112 Å². The molecule has 0 radical (unpaired) electrons. The molecule has 0 saturated carbocycles. The Morgan fingerprint density at radius 3 is 2.29 bits per heavy atom. The molecule has 0 amide bonds. The maximum absolute atomic E-state index is 10.8. The van der Waals surface area contributed by atoms with Crippen LogP contribution in [0.2, 0.25) is 0 Å². The molecule has 1 aromatic carbocycles. The number of carboxylic acid groups (broad SMARTS) is 1. The van der Waals surface area contributed by atoms with Crippen LogP contribution >= 0.6 is 24.8 Å². The van der Waals surface area contributed by atoms with Crippen molar-refractivity contribution in [2.45, 2.75) is 24.9 Å². The molecule has 0 bridgehead atoms. The van der Waals surface area contributed by atoms with Crippen LogP contribution in [0.5, 0.6) is 0 Å². The number of hydrogen-bond donors (Lipinski definition) is 3. The Morgan fingerprint density at radius 1 is 1.24 bits per heavy atom. The molecule has 1 heterocycles. The zero-order valence-electron chi connectivity index (χ0n) is 9.13. The highest BCUT2D eigenvalue weighted by Gasteiger charge is 2.29. The molecule has 4 N–H and O–H groups in total. The first-order chi connectivity index (χ1) is 7.16. The van der Waals surface area contributed by atoms with Gasteiger partial charge in [-0.2, -0.15) is 0 Å². The summed E-state index contributed by atoms with van der Waals surface area (Å²) in [4.78, 5) is 10.8. The lowest BCUT2D eigenvalue weighted by Crippen LogP contribution is -2.31. The number of nitrogen functional groups attached to an aromatic ring is 1. The fourth-order valence-electron chi connectivity index (χ4n) is 1.93. The highest BCUT2D eigenvalue weighted by atomic mass is 35.5. The van der Waals surface area contributed by atoms with Crippen molar-refractivity contribution in [1.29, 1.82) is 0 Å². The lowest BCUT2D eigenvalue weighted by atomic mass is 10.1. The Kier molecular flexibility index (Phi) is 6.31. The summed E-state index contributed by atoms with van der Waals surface area (Å²) in [5.74, 6) is -0.770. The third-order valence-corrected chi connectivity index (χ3v) is 2.78. The van der Waals surface area contributed by atoms with Crippen LogP contribution < -0.4 is 11.1 Å². The van der Waals surface area contributed by atoms with Gasteiger partial charge in [0.05, 0.1) is 0 Å². The van der Waals surface area contributed by atoms with E-state index in [9.17, 15) is 4.79 Å². The van der Waals surface area contributed by atoms with Crippen molar-refractivity contribution in [3.05, 3.63) is 29.8 Å². The zero-order valence-corrected chi connectivity index (χ0v) is 10.8. The maximum atomic E-state index is 10.8. The molecule has 17 heavy (non-hydrogen) atoms. The van der Waals surface area contributed by atoms with Gasteiger partial charge in [0, 0.05) is 11.7 Å². The van der Waals surface area contributed by atoms with Gasteiger partial charge in [-0.15, -0.1) is 24.8 Å². The normalized spacial score (nSPS) is 22.4. The van der Waals surface area contributed by atoms with Crippen molar-refractivity contribution in [3.8, 4) is 0 Å². The smallest absolute Gasteiger partial charge is 0.320 e. The number of aliphatic carboxylic acids is 1. The van der Waals surface area contributed by atoms with Gasteiger partial charge in [-0.1, -0.05) is 12.1 Å². The molecule has 6 heteroatoms. The number of halogens is 2. The topological polar surface area (TPSA) is 75.4 Å². The monoisotopic (exact) mass is 278 g/mol. The zero-order chi connectivity index (χ0) is 10.8. The summed E-state index contributed by atoms with van der Waals surface area (Å²) in [6.07, 6.45) is 1.55. The SMILES string of the molecule is Cl.Cl.Nc1ccc(C2CCC(C(=O)O)N2)cc1. The van der Waals surface area contributed by atoms with Gasteiger partial charge < -0.3 is 10.8 Å². The molecule has 0 aliphatic carbocycles. The Hall–Kier alpha value is -0.970. The first-order valence-electron chi connectivity index (χ1n) is 5.01. The molecule has 2 atom stereocenters. The number of carbonyl (C=O) groups is 1. The van der Waals surface area contributed by atoms with Crippen LogP contribution in [0.15, 0.2) is 24.3 Å². The summed E-state index contributed by atoms with van der Waals surface area (Å²) in [6.45, 7) is 0. The van der Waals surface area contributed by atoms with Gasteiger partial charge in [-0.3, -0.25) is 10.1 Å². The van der Waals surface area contributed by atoms with Gasteiger partial charge in [0.2, 0.25) is 0 Å². The van der Waals surface area contributed by atoms with Crippen molar-refractivity contribution in [2.75, 3.05) is 5.73 Å². The Bertz CT molecular complexity index is 370. The average Bonchev–Trinajstić information content (AvgIpc) is 2.68. The summed E-state index contributed by atoms with van der Waals surface area (Å²) >= 11 is 0. The van der Waals surface area contributed by atoms with Gasteiger partial charge in [0.25, 0.3) is 0 Å². The summed E-state index contributed by atoms with van der Waals surface area (Å²) in [7, 11) is 0. The summed E-state index contributed by atoms with van der Waals surface area (Å²) < 4.78 is 0. The van der Waals surface area contributed by atoms with Crippen LogP contribution in [0.3, 0.4) is 0 Å². The molecule has 1 saturated heterocycles. The van der Waals surface area contributed by atoms with Gasteiger partial charge >= 0.3 is 5.97 Å². The molecule has 0 aromatic heterocycles. The summed E-state index contributed by atoms with van der Waals surface area (Å²) in [5.41, 5.74) is 7.42. The minimum atomic E-state index is -0.770. The second kappa shape index (κ2) is 6.69. The third-order valence-electron chi connectivity index (χ3n) is 2.78. The number of carboxylic acids is 1. The van der Waals surface area contributed by atoms with E-state index in [1.807, 2.05) is 24.3 Å². The fraction of sp³-hybridized carbons (Fsp3) is 0.364. The molecule has 2 unspecified atom stereocenters. The lowest BCUT2D eigenvalue weighted by Gasteiger charge is -2.12. The first-order valence-corrected chi connectivity index (χ1v) is 5.01. The predicted molar refractivity (Wildman–Crippen MR) is 71.9 cm³/mol. The van der Waals surface area contributed by atoms with Gasteiger partial charge in [0.15, 0.2) is 0 Å². The van der Waals surface area contributed by atoms with E-state index in [4.69, 9.17) is 10.8 Å². The highest BCUT2D eigenvalue weighted by Crippen LogP contribution is 2.26. The molecule has 1 aliphatic rings. The average molecular weight is 279 g/mol.